The number of halogens is 7. The van der Waals surface area contributed by atoms with Crippen molar-refractivity contribution in [3.8, 4) is 23.7 Å². The van der Waals surface area contributed by atoms with E-state index in [2.05, 4.69) is 23.7 Å². The Hall–Kier alpha value is -3.75. The topological polar surface area (TPSA) is 91.3 Å². The number of alkyl halides is 7. The average molecular weight is 747 g/mol. The van der Waals surface area contributed by atoms with Crippen molar-refractivity contribution in [2.75, 3.05) is 14.2 Å². The molecule has 280 valence electrons. The molecule has 0 spiro atoms. The van der Waals surface area contributed by atoms with Crippen molar-refractivity contribution in [2.45, 2.75) is 106 Å². The van der Waals surface area contributed by atoms with Gasteiger partial charge in [-0.05, 0) is 36.5 Å². The van der Waals surface area contributed by atoms with Crippen molar-refractivity contribution in [2.24, 2.45) is 0 Å². The predicted octanol–water partition coefficient (Wildman–Crippen LogP) is 7.76. The molecule has 0 heterocycles. The Morgan fingerprint density at radius 2 is 1.18 bits per heavy atom. The first-order chi connectivity index (χ1) is 24.1. The van der Waals surface area contributed by atoms with Gasteiger partial charge in [0, 0.05) is 25.3 Å². The maximum atomic E-state index is 14.5. The molecule has 2 aromatic carbocycles. The lowest BCUT2D eigenvalue weighted by Gasteiger charge is -2.34. The second kappa shape index (κ2) is 19.7. The molecule has 0 radical (unpaired) electrons. The molecule has 2 aromatic rings. The first-order valence-electron chi connectivity index (χ1n) is 16.2. The van der Waals surface area contributed by atoms with E-state index in [1.165, 1.54) is 43.3 Å². The van der Waals surface area contributed by atoms with Crippen LogP contribution in [0.4, 0.5) is 26.3 Å². The van der Waals surface area contributed by atoms with Crippen LogP contribution in [0.5, 0.6) is 0 Å². The van der Waals surface area contributed by atoms with Gasteiger partial charge in [0.2, 0.25) is 0 Å². The molecule has 1 N–H and O–H groups in total. The molecule has 6 atom stereocenters. The number of unbranched alkanes of at least 4 members (excludes halogenated alkanes) is 4. The van der Waals surface area contributed by atoms with Gasteiger partial charge in [0.05, 0.1) is 5.38 Å². The summed E-state index contributed by atoms with van der Waals surface area (Å²) in [5.41, 5.74) is -8.21. The zero-order valence-corrected chi connectivity index (χ0v) is 29.3. The van der Waals surface area contributed by atoms with Crippen molar-refractivity contribution < 1.29 is 60.0 Å². The Morgan fingerprint density at radius 3 is 1.61 bits per heavy atom. The van der Waals surface area contributed by atoms with Crippen molar-refractivity contribution in [1.29, 1.82) is 0 Å². The molecule has 2 rings (SSSR count). The summed E-state index contributed by atoms with van der Waals surface area (Å²) in [5.74, 6) is 5.43. The van der Waals surface area contributed by atoms with Crippen molar-refractivity contribution >= 4 is 23.5 Å². The fraction of sp³-hybridized carbons (Fsp3) is 0.514. The number of aliphatic hydroxyl groups is 1. The van der Waals surface area contributed by atoms with Gasteiger partial charge >= 0.3 is 24.3 Å². The van der Waals surface area contributed by atoms with Crippen LogP contribution in [0.15, 0.2) is 60.7 Å². The van der Waals surface area contributed by atoms with Gasteiger partial charge in [-0.3, -0.25) is 0 Å². The van der Waals surface area contributed by atoms with Gasteiger partial charge in [0.1, 0.15) is 6.10 Å². The van der Waals surface area contributed by atoms with Gasteiger partial charge < -0.3 is 24.1 Å². The maximum Gasteiger partial charge on any atom is 0.432 e. The summed E-state index contributed by atoms with van der Waals surface area (Å²) in [5, 5.41) is 9.93. The normalized spacial score (nSPS) is 16.4. The summed E-state index contributed by atoms with van der Waals surface area (Å²) in [7, 11) is 1.38. The molecule has 0 aliphatic rings. The number of esters is 2. The number of carbonyl (C=O) groups is 2. The summed E-state index contributed by atoms with van der Waals surface area (Å²) in [6, 6.07) is 12.1. The SMILES string of the molecule is CCCCCCCC(Cl)[C@H](O)[C@@H](C#CC#C[C@H](CC)OC(=O)[C@](OC)(c1ccccc1)C(F)(F)F)OC(=O)[C@](OC)(c1ccccc1)C(F)(F)F. The van der Waals surface area contributed by atoms with Crippen LogP contribution in [-0.2, 0) is 39.7 Å². The highest BCUT2D eigenvalue weighted by Crippen LogP contribution is 2.44. The summed E-state index contributed by atoms with van der Waals surface area (Å²) < 4.78 is 106. The third-order valence-electron chi connectivity index (χ3n) is 7.97. The Balaban J connectivity index is 2.46. The van der Waals surface area contributed by atoms with Crippen LogP contribution in [0.3, 0.4) is 0 Å². The lowest BCUT2D eigenvalue weighted by molar-refractivity contribution is -0.278. The van der Waals surface area contributed by atoms with E-state index in [1.807, 2.05) is 6.92 Å². The minimum atomic E-state index is -5.33. The number of hydrogen-bond donors (Lipinski definition) is 1. The number of carbonyl (C=O) groups excluding carboxylic acids is 2. The van der Waals surface area contributed by atoms with Gasteiger partial charge in [-0.2, -0.15) is 26.3 Å². The van der Waals surface area contributed by atoms with Crippen LogP contribution in [0.1, 0.15) is 69.9 Å². The Bertz CT molecular complexity index is 1510. The molecule has 0 bridgehead atoms. The molecule has 0 saturated heterocycles. The number of hydrogen-bond acceptors (Lipinski definition) is 7. The standard InChI is InChI=1S/C37H41ClF6O7/c1-5-7-8-9-16-24-29(38)31(45)30(51-33(47)35(49-4,37(42,43)44)27-21-14-11-15-22-27)25-18-17-23-28(6-2)50-32(46)34(48-3,36(39,40)41)26-19-12-10-13-20-26/h10-15,19-22,28-31,45H,5-9,16,24H2,1-4H3/t28-,29?,30+,31-,34+,35+/m0/s1. The van der Waals surface area contributed by atoms with Crippen LogP contribution in [0.25, 0.3) is 0 Å². The molecule has 7 nitrogen and oxygen atoms in total. The second-order valence-electron chi connectivity index (χ2n) is 11.4. The molecule has 0 amide bonds. The third-order valence-corrected chi connectivity index (χ3v) is 8.45. The van der Waals surface area contributed by atoms with Crippen molar-refractivity contribution in [1.82, 2.24) is 0 Å². The van der Waals surface area contributed by atoms with E-state index in [4.69, 9.17) is 30.5 Å². The summed E-state index contributed by atoms with van der Waals surface area (Å²) in [4.78, 5) is 26.4. The largest absolute Gasteiger partial charge is 0.446 e. The molecule has 0 aliphatic carbocycles. The zero-order chi connectivity index (χ0) is 38.3. The molecule has 1 unspecified atom stereocenters. The quantitative estimate of drug-likeness (QED) is 0.0582. The lowest BCUT2D eigenvalue weighted by Crippen LogP contribution is -2.53. The molecular weight excluding hydrogens is 706 g/mol. The Morgan fingerprint density at radius 1 is 0.725 bits per heavy atom. The van der Waals surface area contributed by atoms with Gasteiger partial charge in [0.15, 0.2) is 12.2 Å². The molecule has 0 fully saturated rings. The third kappa shape index (κ3) is 10.6. The van der Waals surface area contributed by atoms with Crippen LogP contribution < -0.4 is 0 Å². The Kier molecular flexibility index (Phi) is 16.8. The summed E-state index contributed by atoms with van der Waals surface area (Å²) in [6.07, 6.45) is -11.5. The summed E-state index contributed by atoms with van der Waals surface area (Å²) in [6.45, 7) is 3.49. The van der Waals surface area contributed by atoms with E-state index in [9.17, 15) is 41.0 Å². The van der Waals surface area contributed by atoms with E-state index in [1.54, 1.807) is 0 Å². The van der Waals surface area contributed by atoms with Crippen molar-refractivity contribution in [3.05, 3.63) is 71.8 Å². The first-order valence-corrected chi connectivity index (χ1v) is 16.6. The fourth-order valence-corrected chi connectivity index (χ4v) is 5.40. The van der Waals surface area contributed by atoms with Crippen LogP contribution in [-0.4, -0.2) is 67.3 Å². The molecular formula is C37H41ClF6O7. The molecule has 14 heteroatoms. The summed E-state index contributed by atoms with van der Waals surface area (Å²) >= 11 is 6.40. The molecule has 0 aliphatic heterocycles. The monoisotopic (exact) mass is 746 g/mol. The van der Waals surface area contributed by atoms with E-state index >= 15 is 0 Å². The first kappa shape index (κ1) is 43.4. The lowest BCUT2D eigenvalue weighted by atomic mass is 9.92. The zero-order valence-electron chi connectivity index (χ0n) is 28.6. The van der Waals surface area contributed by atoms with Gasteiger partial charge in [-0.1, -0.05) is 107 Å². The number of ether oxygens (including phenoxy) is 4. The maximum absolute atomic E-state index is 14.5. The smallest absolute Gasteiger partial charge is 0.432 e. The predicted molar refractivity (Wildman–Crippen MR) is 177 cm³/mol. The second-order valence-corrected chi connectivity index (χ2v) is 11.9. The van der Waals surface area contributed by atoms with Crippen LogP contribution >= 0.6 is 11.6 Å². The van der Waals surface area contributed by atoms with Crippen molar-refractivity contribution in [3.63, 3.8) is 0 Å². The number of rotatable bonds is 17. The average Bonchev–Trinajstić information content (AvgIpc) is 3.09. The molecule has 0 aromatic heterocycles. The van der Waals surface area contributed by atoms with E-state index in [-0.39, 0.29) is 12.8 Å². The highest BCUT2D eigenvalue weighted by Gasteiger charge is 2.65. The van der Waals surface area contributed by atoms with Crippen LogP contribution in [0, 0.1) is 23.7 Å². The van der Waals surface area contributed by atoms with Gasteiger partial charge in [-0.25, -0.2) is 9.59 Å². The number of methoxy groups -OCH3 is 2. The van der Waals surface area contributed by atoms with E-state index in [0.29, 0.717) is 20.6 Å². The minimum Gasteiger partial charge on any atom is -0.446 e. The highest BCUT2D eigenvalue weighted by atomic mass is 35.5. The minimum absolute atomic E-state index is 0.102. The van der Waals surface area contributed by atoms with E-state index in [0.717, 1.165) is 49.9 Å². The molecule has 51 heavy (non-hydrogen) atoms. The van der Waals surface area contributed by atoms with Crippen LogP contribution in [0.2, 0.25) is 0 Å². The fourth-order valence-electron chi connectivity index (χ4n) is 5.11. The van der Waals surface area contributed by atoms with Gasteiger partial charge in [0.25, 0.3) is 11.2 Å². The number of benzene rings is 2. The number of aliphatic hydroxyl groups excluding tert-OH is 1. The van der Waals surface area contributed by atoms with E-state index < -0.39 is 70.3 Å². The highest BCUT2D eigenvalue weighted by molar-refractivity contribution is 6.21. The van der Waals surface area contributed by atoms with Gasteiger partial charge in [-0.15, -0.1) is 11.6 Å². The Labute approximate surface area is 298 Å². The molecule has 0 saturated carbocycles.